The van der Waals surface area contributed by atoms with E-state index in [0.29, 0.717) is 29.5 Å². The number of benzene rings is 1. The summed E-state index contributed by atoms with van der Waals surface area (Å²) >= 11 is 0. The average molecular weight is 387 g/mol. The molecule has 0 aromatic heterocycles. The van der Waals surface area contributed by atoms with E-state index in [4.69, 9.17) is 9.47 Å². The summed E-state index contributed by atoms with van der Waals surface area (Å²) in [6.07, 6.45) is 2.24. The van der Waals surface area contributed by atoms with Crippen LogP contribution in [0.15, 0.2) is 35.5 Å². The lowest BCUT2D eigenvalue weighted by atomic mass is 9.94. The third-order valence-electron chi connectivity index (χ3n) is 5.36. The minimum absolute atomic E-state index is 0.278. The number of carbonyl (C=O) groups excluding carboxylic acids is 2. The van der Waals surface area contributed by atoms with Gasteiger partial charge >= 0.3 is 12.0 Å². The van der Waals surface area contributed by atoms with Gasteiger partial charge in [0.1, 0.15) is 5.75 Å². The van der Waals surface area contributed by atoms with Crippen LogP contribution in [0, 0.1) is 5.92 Å². The van der Waals surface area contributed by atoms with Gasteiger partial charge < -0.3 is 20.1 Å². The number of nitrogens with zero attached hydrogens (tertiary/aromatic N) is 1. The van der Waals surface area contributed by atoms with Crippen molar-refractivity contribution in [3.8, 4) is 5.75 Å². The molecule has 28 heavy (non-hydrogen) atoms. The van der Waals surface area contributed by atoms with Crippen LogP contribution < -0.4 is 15.4 Å². The van der Waals surface area contributed by atoms with E-state index in [1.54, 1.807) is 14.0 Å². The number of methoxy groups -OCH3 is 1. The van der Waals surface area contributed by atoms with Gasteiger partial charge in [0.25, 0.3) is 0 Å². The Morgan fingerprint density at radius 1 is 1.21 bits per heavy atom. The highest BCUT2D eigenvalue weighted by Gasteiger charge is 2.34. The van der Waals surface area contributed by atoms with Gasteiger partial charge in [0.2, 0.25) is 0 Å². The molecule has 3 rings (SSSR count). The topological polar surface area (TPSA) is 79.9 Å². The van der Waals surface area contributed by atoms with Gasteiger partial charge in [0.15, 0.2) is 0 Å². The molecule has 1 aromatic carbocycles. The molecule has 7 heteroatoms. The average Bonchev–Trinajstić information content (AvgIpc) is 2.69. The second-order valence-corrected chi connectivity index (χ2v) is 7.38. The lowest BCUT2D eigenvalue weighted by Crippen LogP contribution is -2.49. The zero-order valence-corrected chi connectivity index (χ0v) is 16.8. The highest BCUT2D eigenvalue weighted by Crippen LogP contribution is 2.30. The summed E-state index contributed by atoms with van der Waals surface area (Å²) in [6, 6.07) is 6.48. The standard InChI is InChI=1S/C21H29N3O4/c1-4-28-20(25)18-17(13-24-11-9-14(2)10-12-24)22-21(26)23-19(18)15-5-7-16(27-3)8-6-15/h5-8,14,19H,4,9-13H2,1-3H3,(H2,22,23,26)/t19-/m0/s1. The van der Waals surface area contributed by atoms with Crippen molar-refractivity contribution in [3.63, 3.8) is 0 Å². The molecule has 0 spiro atoms. The predicted molar refractivity (Wildman–Crippen MR) is 106 cm³/mol. The molecule has 2 aliphatic rings. The monoisotopic (exact) mass is 387 g/mol. The van der Waals surface area contributed by atoms with E-state index < -0.39 is 12.0 Å². The van der Waals surface area contributed by atoms with Crippen LogP contribution in [0.5, 0.6) is 5.75 Å². The van der Waals surface area contributed by atoms with Gasteiger partial charge in [-0.1, -0.05) is 19.1 Å². The minimum atomic E-state index is -0.558. The van der Waals surface area contributed by atoms with Crippen LogP contribution >= 0.6 is 0 Å². The van der Waals surface area contributed by atoms with Crippen molar-refractivity contribution in [3.05, 3.63) is 41.1 Å². The zero-order valence-electron chi connectivity index (χ0n) is 16.8. The molecule has 0 saturated carbocycles. The van der Waals surface area contributed by atoms with Gasteiger partial charge in [-0.3, -0.25) is 4.90 Å². The largest absolute Gasteiger partial charge is 0.497 e. The van der Waals surface area contributed by atoms with Crippen LogP contribution in [-0.4, -0.2) is 50.3 Å². The van der Waals surface area contributed by atoms with E-state index >= 15 is 0 Å². The molecule has 1 fully saturated rings. The Balaban J connectivity index is 1.93. The fourth-order valence-electron chi connectivity index (χ4n) is 3.68. The van der Waals surface area contributed by atoms with E-state index in [1.807, 2.05) is 24.3 Å². The number of hydrogen-bond donors (Lipinski definition) is 2. The molecular weight excluding hydrogens is 358 g/mol. The fraction of sp³-hybridized carbons (Fsp3) is 0.524. The van der Waals surface area contributed by atoms with Crippen molar-refractivity contribution in [2.75, 3.05) is 33.4 Å². The summed E-state index contributed by atoms with van der Waals surface area (Å²) in [5.41, 5.74) is 1.89. The number of urea groups is 1. The molecule has 0 radical (unpaired) electrons. The number of rotatable bonds is 6. The molecule has 1 atom stereocenters. The highest BCUT2D eigenvalue weighted by atomic mass is 16.5. The van der Waals surface area contributed by atoms with Gasteiger partial charge in [0.05, 0.1) is 25.3 Å². The van der Waals surface area contributed by atoms with Crippen LogP contribution in [0.2, 0.25) is 0 Å². The molecule has 0 unspecified atom stereocenters. The van der Waals surface area contributed by atoms with Crippen molar-refractivity contribution in [1.82, 2.24) is 15.5 Å². The first-order valence-corrected chi connectivity index (χ1v) is 9.85. The zero-order chi connectivity index (χ0) is 20.1. The molecule has 7 nitrogen and oxygen atoms in total. The van der Waals surface area contributed by atoms with Crippen LogP contribution in [0.4, 0.5) is 4.79 Å². The van der Waals surface area contributed by atoms with Crippen LogP contribution in [0.1, 0.15) is 38.3 Å². The SMILES string of the molecule is CCOC(=O)C1=C(CN2CCC(C)CC2)NC(=O)N[C@H]1c1ccc(OC)cc1. The summed E-state index contributed by atoms with van der Waals surface area (Å²) in [4.78, 5) is 27.4. The highest BCUT2D eigenvalue weighted by molar-refractivity contribution is 5.95. The molecule has 2 N–H and O–H groups in total. The van der Waals surface area contributed by atoms with Gasteiger partial charge in [-0.05, 0) is 56.5 Å². The summed E-state index contributed by atoms with van der Waals surface area (Å²) in [7, 11) is 1.60. The first-order chi connectivity index (χ1) is 13.5. The van der Waals surface area contributed by atoms with Gasteiger partial charge in [-0.15, -0.1) is 0 Å². The molecule has 152 valence electrons. The lowest BCUT2D eigenvalue weighted by molar-refractivity contribution is -0.139. The van der Waals surface area contributed by atoms with E-state index in [0.717, 1.165) is 31.5 Å². The summed E-state index contributed by atoms with van der Waals surface area (Å²) in [5.74, 6) is 1.02. The van der Waals surface area contributed by atoms with E-state index in [-0.39, 0.29) is 12.6 Å². The van der Waals surface area contributed by atoms with Crippen molar-refractivity contribution in [2.24, 2.45) is 5.92 Å². The van der Waals surface area contributed by atoms with Crippen LogP contribution in [-0.2, 0) is 9.53 Å². The smallest absolute Gasteiger partial charge is 0.338 e. The third-order valence-corrected chi connectivity index (χ3v) is 5.36. The normalized spacial score (nSPS) is 21.1. The number of amides is 2. The summed E-state index contributed by atoms with van der Waals surface area (Å²) in [6.45, 7) is 6.75. The maximum Gasteiger partial charge on any atom is 0.338 e. The van der Waals surface area contributed by atoms with Crippen molar-refractivity contribution in [1.29, 1.82) is 0 Å². The molecule has 0 bridgehead atoms. The predicted octanol–water partition coefficient (Wildman–Crippen LogP) is 2.60. The fourth-order valence-corrected chi connectivity index (χ4v) is 3.68. The number of piperidine rings is 1. The van der Waals surface area contributed by atoms with Crippen molar-refractivity contribution in [2.45, 2.75) is 32.7 Å². The maximum absolute atomic E-state index is 12.8. The quantitative estimate of drug-likeness (QED) is 0.734. The molecule has 2 aliphatic heterocycles. The number of hydrogen-bond acceptors (Lipinski definition) is 5. The van der Waals surface area contributed by atoms with E-state index in [1.165, 1.54) is 0 Å². The Labute approximate surface area is 166 Å². The Morgan fingerprint density at radius 2 is 1.89 bits per heavy atom. The van der Waals surface area contributed by atoms with Crippen molar-refractivity contribution >= 4 is 12.0 Å². The number of carbonyl (C=O) groups is 2. The molecule has 2 amide bonds. The Kier molecular flexibility index (Phi) is 6.57. The minimum Gasteiger partial charge on any atom is -0.497 e. The van der Waals surface area contributed by atoms with Gasteiger partial charge in [0, 0.05) is 12.2 Å². The Bertz CT molecular complexity index is 737. The molecular formula is C21H29N3O4. The molecule has 1 saturated heterocycles. The molecule has 0 aliphatic carbocycles. The lowest BCUT2D eigenvalue weighted by Gasteiger charge is -2.34. The molecule has 2 heterocycles. The van der Waals surface area contributed by atoms with Crippen LogP contribution in [0.3, 0.4) is 0 Å². The Morgan fingerprint density at radius 3 is 2.50 bits per heavy atom. The number of nitrogens with one attached hydrogen (secondary N) is 2. The van der Waals surface area contributed by atoms with E-state index in [9.17, 15) is 9.59 Å². The number of likely N-dealkylation sites (tertiary alicyclic amines) is 1. The third kappa shape index (κ3) is 4.65. The number of ether oxygens (including phenoxy) is 2. The second-order valence-electron chi connectivity index (χ2n) is 7.38. The number of esters is 1. The van der Waals surface area contributed by atoms with Crippen LogP contribution in [0.25, 0.3) is 0 Å². The van der Waals surface area contributed by atoms with Gasteiger partial charge in [-0.25, -0.2) is 9.59 Å². The maximum atomic E-state index is 12.8. The first kappa shape index (κ1) is 20.2. The van der Waals surface area contributed by atoms with Crippen molar-refractivity contribution < 1.29 is 19.1 Å². The van der Waals surface area contributed by atoms with Gasteiger partial charge in [-0.2, -0.15) is 0 Å². The summed E-state index contributed by atoms with van der Waals surface area (Å²) in [5, 5.41) is 5.71. The van der Waals surface area contributed by atoms with E-state index in [2.05, 4.69) is 22.5 Å². The Hall–Kier alpha value is -2.54. The second kappa shape index (κ2) is 9.10. The molecule has 1 aromatic rings. The summed E-state index contributed by atoms with van der Waals surface area (Å²) < 4.78 is 10.5. The first-order valence-electron chi connectivity index (χ1n) is 9.85.